The average molecular weight is 342 g/mol. The summed E-state index contributed by atoms with van der Waals surface area (Å²) >= 11 is 0. The van der Waals surface area contributed by atoms with Crippen molar-refractivity contribution < 1.29 is 9.53 Å². The minimum atomic E-state index is -0.254. The van der Waals surface area contributed by atoms with E-state index in [2.05, 4.69) is 43.0 Å². The number of para-hydroxylation sites is 1. The van der Waals surface area contributed by atoms with Gasteiger partial charge < -0.3 is 14.5 Å². The van der Waals surface area contributed by atoms with Crippen molar-refractivity contribution in [2.75, 3.05) is 37.7 Å². The van der Waals surface area contributed by atoms with Gasteiger partial charge in [0.2, 0.25) is 0 Å². The number of nitrogens with zero attached hydrogens (tertiary/aromatic N) is 2. The van der Waals surface area contributed by atoms with Gasteiger partial charge in [-0.3, -0.25) is 4.79 Å². The van der Waals surface area contributed by atoms with Crippen molar-refractivity contribution in [2.24, 2.45) is 5.92 Å². The first kappa shape index (κ1) is 16.9. The largest absolute Gasteiger partial charge is 0.370 e. The quantitative estimate of drug-likeness (QED) is 0.842. The molecule has 0 aliphatic carbocycles. The van der Waals surface area contributed by atoms with Gasteiger partial charge in [-0.05, 0) is 43.2 Å². The number of carbonyl (C=O) groups excluding carboxylic acids is 1. The number of likely N-dealkylation sites (tertiary alicyclic amines) is 1. The van der Waals surface area contributed by atoms with Crippen LogP contribution in [0.3, 0.4) is 0 Å². The first-order valence-electron chi connectivity index (χ1n) is 9.84. The van der Waals surface area contributed by atoms with Gasteiger partial charge in [-0.1, -0.05) is 32.0 Å². The fourth-order valence-electron chi connectivity index (χ4n) is 4.68. The van der Waals surface area contributed by atoms with E-state index in [0.717, 1.165) is 45.4 Å². The van der Waals surface area contributed by atoms with E-state index in [0.29, 0.717) is 12.5 Å². The van der Waals surface area contributed by atoms with Gasteiger partial charge in [-0.15, -0.1) is 0 Å². The average Bonchev–Trinajstić information content (AvgIpc) is 3.34. The van der Waals surface area contributed by atoms with Gasteiger partial charge >= 0.3 is 0 Å². The van der Waals surface area contributed by atoms with Crippen LogP contribution in [-0.2, 0) is 14.9 Å². The highest BCUT2D eigenvalue weighted by molar-refractivity contribution is 5.82. The van der Waals surface area contributed by atoms with Crippen LogP contribution in [0.4, 0.5) is 5.69 Å². The predicted octanol–water partition coefficient (Wildman–Crippen LogP) is 3.20. The zero-order chi connectivity index (χ0) is 17.4. The second-order valence-electron chi connectivity index (χ2n) is 8.44. The standard InChI is InChI=1S/C21H30N2O2/c1-16(2)9-12-23-14-21(17-7-3-4-8-18(17)23)13-19(25-15-21)20(24)22-10-5-6-11-22/h3-4,7-8,16,19H,5-6,9-15H2,1-2H3. The Balaban J connectivity index is 1.53. The van der Waals surface area contributed by atoms with Crippen LogP contribution in [0, 0.1) is 5.92 Å². The lowest BCUT2D eigenvalue weighted by Crippen LogP contribution is -2.39. The lowest BCUT2D eigenvalue weighted by molar-refractivity contribution is -0.139. The molecule has 1 aromatic rings. The number of ether oxygens (including phenoxy) is 1. The molecule has 1 aromatic carbocycles. The first-order chi connectivity index (χ1) is 12.1. The van der Waals surface area contributed by atoms with E-state index in [-0.39, 0.29) is 17.4 Å². The van der Waals surface area contributed by atoms with Crippen LogP contribution < -0.4 is 4.90 Å². The van der Waals surface area contributed by atoms with Crippen LogP contribution in [0.15, 0.2) is 24.3 Å². The molecule has 2 saturated heterocycles. The second-order valence-corrected chi connectivity index (χ2v) is 8.44. The summed E-state index contributed by atoms with van der Waals surface area (Å²) in [6, 6.07) is 8.74. The monoisotopic (exact) mass is 342 g/mol. The van der Waals surface area contributed by atoms with Crippen molar-refractivity contribution in [2.45, 2.75) is 51.0 Å². The van der Waals surface area contributed by atoms with Crippen molar-refractivity contribution >= 4 is 11.6 Å². The highest BCUT2D eigenvalue weighted by Crippen LogP contribution is 2.47. The van der Waals surface area contributed by atoms with E-state index in [1.807, 2.05) is 4.90 Å². The molecule has 3 aliphatic heterocycles. The third kappa shape index (κ3) is 3.05. The SMILES string of the molecule is CC(C)CCN1CC2(COC(C(=O)N3CCCC3)C2)c2ccccc21. The molecule has 2 atom stereocenters. The molecular weight excluding hydrogens is 312 g/mol. The van der Waals surface area contributed by atoms with Crippen LogP contribution >= 0.6 is 0 Å². The highest BCUT2D eigenvalue weighted by Gasteiger charge is 2.50. The van der Waals surface area contributed by atoms with Gasteiger partial charge in [-0.2, -0.15) is 0 Å². The molecule has 3 heterocycles. The molecule has 4 nitrogen and oxygen atoms in total. The van der Waals surface area contributed by atoms with E-state index in [9.17, 15) is 4.79 Å². The van der Waals surface area contributed by atoms with Crippen molar-refractivity contribution in [1.29, 1.82) is 0 Å². The summed E-state index contributed by atoms with van der Waals surface area (Å²) in [5, 5.41) is 0. The van der Waals surface area contributed by atoms with Crippen LogP contribution in [0.5, 0.6) is 0 Å². The van der Waals surface area contributed by atoms with Gasteiger partial charge in [0, 0.05) is 37.3 Å². The minimum Gasteiger partial charge on any atom is -0.370 e. The number of hydrogen-bond acceptors (Lipinski definition) is 3. The Hall–Kier alpha value is -1.55. The molecule has 0 saturated carbocycles. The Morgan fingerprint density at radius 1 is 1.28 bits per heavy atom. The van der Waals surface area contributed by atoms with Gasteiger partial charge in [0.15, 0.2) is 0 Å². The fraction of sp³-hybridized carbons (Fsp3) is 0.667. The number of fused-ring (bicyclic) bond motifs is 2. The van der Waals surface area contributed by atoms with Crippen LogP contribution in [-0.4, -0.2) is 49.7 Å². The van der Waals surface area contributed by atoms with Crippen molar-refractivity contribution in [3.63, 3.8) is 0 Å². The second kappa shape index (κ2) is 6.64. The van der Waals surface area contributed by atoms with Gasteiger partial charge in [0.05, 0.1) is 6.61 Å². The minimum absolute atomic E-state index is 0.00633. The van der Waals surface area contributed by atoms with Crippen molar-refractivity contribution in [3.8, 4) is 0 Å². The number of anilines is 1. The number of carbonyl (C=O) groups is 1. The molecule has 2 unspecified atom stereocenters. The molecule has 1 amide bonds. The number of amides is 1. The van der Waals surface area contributed by atoms with Gasteiger partial charge in [0.25, 0.3) is 5.91 Å². The molecule has 3 aliphatic rings. The van der Waals surface area contributed by atoms with E-state index in [1.165, 1.54) is 17.7 Å². The van der Waals surface area contributed by atoms with Crippen molar-refractivity contribution in [1.82, 2.24) is 4.90 Å². The summed E-state index contributed by atoms with van der Waals surface area (Å²) in [6.07, 6.45) is 4.04. The zero-order valence-corrected chi connectivity index (χ0v) is 15.5. The van der Waals surface area contributed by atoms with Crippen LogP contribution in [0.2, 0.25) is 0 Å². The van der Waals surface area contributed by atoms with Gasteiger partial charge in [0.1, 0.15) is 6.10 Å². The molecule has 1 spiro atoms. The summed E-state index contributed by atoms with van der Waals surface area (Å²) in [6.45, 7) is 9.12. The normalized spacial score (nSPS) is 28.4. The summed E-state index contributed by atoms with van der Waals surface area (Å²) in [7, 11) is 0. The lowest BCUT2D eigenvalue weighted by atomic mass is 9.80. The molecule has 136 valence electrons. The fourth-order valence-corrected chi connectivity index (χ4v) is 4.68. The number of benzene rings is 1. The summed E-state index contributed by atoms with van der Waals surface area (Å²) < 4.78 is 6.08. The maximum atomic E-state index is 12.8. The Labute approximate surface area is 151 Å². The summed E-state index contributed by atoms with van der Waals surface area (Å²) in [5.74, 6) is 0.917. The summed E-state index contributed by atoms with van der Waals surface area (Å²) in [4.78, 5) is 17.3. The Morgan fingerprint density at radius 3 is 2.80 bits per heavy atom. The third-order valence-electron chi connectivity index (χ3n) is 6.12. The summed E-state index contributed by atoms with van der Waals surface area (Å²) in [5.41, 5.74) is 2.73. The molecule has 2 fully saturated rings. The molecule has 0 aromatic heterocycles. The van der Waals surface area contributed by atoms with E-state index in [1.54, 1.807) is 0 Å². The van der Waals surface area contributed by atoms with E-state index >= 15 is 0 Å². The maximum Gasteiger partial charge on any atom is 0.251 e. The Kier molecular flexibility index (Phi) is 4.48. The molecule has 0 N–H and O–H groups in total. The van der Waals surface area contributed by atoms with E-state index < -0.39 is 0 Å². The predicted molar refractivity (Wildman–Crippen MR) is 100.0 cm³/mol. The highest BCUT2D eigenvalue weighted by atomic mass is 16.5. The van der Waals surface area contributed by atoms with Crippen LogP contribution in [0.25, 0.3) is 0 Å². The molecule has 0 bridgehead atoms. The van der Waals surface area contributed by atoms with E-state index in [4.69, 9.17) is 4.74 Å². The number of hydrogen-bond donors (Lipinski definition) is 0. The molecule has 4 heteroatoms. The molecule has 4 rings (SSSR count). The Morgan fingerprint density at radius 2 is 2.04 bits per heavy atom. The number of rotatable bonds is 4. The Bertz CT molecular complexity index is 639. The smallest absolute Gasteiger partial charge is 0.251 e. The first-order valence-corrected chi connectivity index (χ1v) is 9.84. The third-order valence-corrected chi connectivity index (χ3v) is 6.12. The molecule has 0 radical (unpaired) electrons. The maximum absolute atomic E-state index is 12.8. The van der Waals surface area contributed by atoms with Crippen molar-refractivity contribution in [3.05, 3.63) is 29.8 Å². The molecule has 25 heavy (non-hydrogen) atoms. The van der Waals surface area contributed by atoms with Crippen LogP contribution in [0.1, 0.15) is 45.1 Å². The zero-order valence-electron chi connectivity index (χ0n) is 15.5. The lowest BCUT2D eigenvalue weighted by Gasteiger charge is -2.25. The molecular formula is C21H30N2O2. The van der Waals surface area contributed by atoms with Gasteiger partial charge in [-0.25, -0.2) is 0 Å². The topological polar surface area (TPSA) is 32.8 Å².